The fourth-order valence-corrected chi connectivity index (χ4v) is 3.45. The van der Waals surface area contributed by atoms with E-state index in [9.17, 15) is 9.59 Å². The Labute approximate surface area is 157 Å². The summed E-state index contributed by atoms with van der Waals surface area (Å²) in [6.07, 6.45) is 4.06. The number of rotatable bonds is 5. The molecule has 0 spiro atoms. The third-order valence-corrected chi connectivity index (χ3v) is 5.51. The van der Waals surface area contributed by atoms with Gasteiger partial charge in [0.15, 0.2) is 10.9 Å². The molecule has 0 fully saturated rings. The predicted molar refractivity (Wildman–Crippen MR) is 103 cm³/mol. The normalized spacial score (nSPS) is 10.7. The predicted octanol–water partition coefficient (Wildman–Crippen LogP) is 4.59. The Bertz CT molecular complexity index is 945. The molecular weight excluding hydrogens is 402 g/mol. The van der Waals surface area contributed by atoms with Gasteiger partial charge < -0.3 is 4.98 Å². The number of H-pyrrole nitrogens is 1. The number of halogens is 1. The molecule has 25 heavy (non-hydrogen) atoms. The first-order valence-electron chi connectivity index (χ1n) is 7.63. The first kappa shape index (κ1) is 17.6. The molecule has 5 nitrogen and oxygen atoms in total. The smallest absolute Gasteiger partial charge is 0.273 e. The van der Waals surface area contributed by atoms with Gasteiger partial charge >= 0.3 is 0 Å². The second-order valence-electron chi connectivity index (χ2n) is 5.70. The average Bonchev–Trinajstić information content (AvgIpc) is 3.20. The molecule has 128 valence electrons. The lowest BCUT2D eigenvalue weighted by Crippen LogP contribution is -2.11. The van der Waals surface area contributed by atoms with E-state index in [1.165, 1.54) is 41.7 Å². The van der Waals surface area contributed by atoms with Gasteiger partial charge in [-0.1, -0.05) is 28.1 Å². The van der Waals surface area contributed by atoms with Gasteiger partial charge in [-0.25, -0.2) is 4.98 Å². The van der Waals surface area contributed by atoms with Crippen molar-refractivity contribution in [1.29, 1.82) is 0 Å². The fourth-order valence-electron chi connectivity index (χ4n) is 2.36. The molecule has 2 heterocycles. The number of hydrogen-bond donors (Lipinski definition) is 2. The lowest BCUT2D eigenvalue weighted by molar-refractivity contribution is 0.101. The number of aryl methyl sites for hydroxylation is 1. The van der Waals surface area contributed by atoms with Crippen LogP contribution in [0.15, 0.2) is 41.1 Å². The van der Waals surface area contributed by atoms with Crippen molar-refractivity contribution in [2.24, 2.45) is 0 Å². The van der Waals surface area contributed by atoms with E-state index >= 15 is 0 Å². The zero-order valence-electron chi connectivity index (χ0n) is 13.7. The van der Waals surface area contributed by atoms with E-state index in [0.29, 0.717) is 16.4 Å². The molecule has 0 bridgehead atoms. The van der Waals surface area contributed by atoms with E-state index < -0.39 is 0 Å². The van der Waals surface area contributed by atoms with Crippen molar-refractivity contribution >= 4 is 44.1 Å². The third-order valence-electron chi connectivity index (χ3n) is 3.71. The Kier molecular flexibility index (Phi) is 5.15. The molecule has 2 aromatic heterocycles. The largest absolute Gasteiger partial charge is 0.356 e. The first-order chi connectivity index (χ1) is 11.9. The molecule has 0 saturated carbocycles. The summed E-state index contributed by atoms with van der Waals surface area (Å²) in [5.74, 6) is -0.399. The molecular formula is C18H16BrN3O2S. The minimum Gasteiger partial charge on any atom is -0.356 e. The second kappa shape index (κ2) is 7.33. The van der Waals surface area contributed by atoms with Gasteiger partial charge in [0.1, 0.15) is 5.69 Å². The van der Waals surface area contributed by atoms with Gasteiger partial charge in [-0.2, -0.15) is 0 Å². The van der Waals surface area contributed by atoms with Gasteiger partial charge in [-0.3, -0.25) is 14.9 Å². The number of thiazole rings is 1. The van der Waals surface area contributed by atoms with E-state index in [2.05, 4.69) is 50.3 Å². The van der Waals surface area contributed by atoms with Crippen molar-refractivity contribution in [3.8, 4) is 0 Å². The van der Waals surface area contributed by atoms with Crippen LogP contribution in [0.3, 0.4) is 0 Å². The maximum absolute atomic E-state index is 12.2. The third kappa shape index (κ3) is 4.24. The molecule has 0 radical (unpaired) electrons. The summed E-state index contributed by atoms with van der Waals surface area (Å²) in [7, 11) is 0. The van der Waals surface area contributed by atoms with Crippen LogP contribution in [0, 0.1) is 6.92 Å². The molecule has 7 heteroatoms. The standard InChI is InChI=1S/C18H16BrN3O2S/c1-10-5-12(3-4-15(10)19)6-14-9-21-18(25-14)22-17(24)16-7-13(8-20-16)11(2)23/h3-5,7-9,20H,6H2,1-2H3,(H,21,22,24). The van der Waals surface area contributed by atoms with E-state index in [1.54, 1.807) is 6.20 Å². The summed E-state index contributed by atoms with van der Waals surface area (Å²) in [6, 6.07) is 7.77. The Morgan fingerprint density at radius 3 is 2.80 bits per heavy atom. The minimum absolute atomic E-state index is 0.0865. The number of anilines is 1. The highest BCUT2D eigenvalue weighted by Crippen LogP contribution is 2.24. The summed E-state index contributed by atoms with van der Waals surface area (Å²) in [5, 5.41) is 3.29. The quantitative estimate of drug-likeness (QED) is 0.596. The van der Waals surface area contributed by atoms with Crippen molar-refractivity contribution in [2.45, 2.75) is 20.3 Å². The van der Waals surface area contributed by atoms with Crippen LogP contribution in [0.1, 0.15) is 43.8 Å². The minimum atomic E-state index is -0.312. The Hall–Kier alpha value is -2.25. The van der Waals surface area contributed by atoms with Crippen LogP contribution in [0.25, 0.3) is 0 Å². The molecule has 0 aliphatic rings. The van der Waals surface area contributed by atoms with Gasteiger partial charge in [0, 0.05) is 33.7 Å². The number of carbonyl (C=O) groups is 2. The number of hydrogen-bond acceptors (Lipinski definition) is 4. The van der Waals surface area contributed by atoms with Gasteiger partial charge in [-0.05, 0) is 37.1 Å². The SMILES string of the molecule is CC(=O)c1c[nH]c(C(=O)Nc2ncc(Cc3ccc(Br)c(C)c3)s2)c1. The summed E-state index contributed by atoms with van der Waals surface area (Å²) in [4.78, 5) is 31.6. The number of amides is 1. The Balaban J connectivity index is 1.67. The van der Waals surface area contributed by atoms with Gasteiger partial charge in [-0.15, -0.1) is 11.3 Å². The average molecular weight is 418 g/mol. The van der Waals surface area contributed by atoms with Gasteiger partial charge in [0.25, 0.3) is 5.91 Å². The van der Waals surface area contributed by atoms with Crippen LogP contribution < -0.4 is 5.32 Å². The lowest BCUT2D eigenvalue weighted by atomic mass is 10.1. The number of benzene rings is 1. The second-order valence-corrected chi connectivity index (χ2v) is 7.67. The molecule has 1 aromatic carbocycles. The highest BCUT2D eigenvalue weighted by Gasteiger charge is 2.13. The van der Waals surface area contributed by atoms with Crippen molar-refractivity contribution in [3.63, 3.8) is 0 Å². The molecule has 3 rings (SSSR count). The highest BCUT2D eigenvalue weighted by atomic mass is 79.9. The van der Waals surface area contributed by atoms with Crippen molar-refractivity contribution in [1.82, 2.24) is 9.97 Å². The van der Waals surface area contributed by atoms with Gasteiger partial charge in [0.05, 0.1) is 0 Å². The van der Waals surface area contributed by atoms with E-state index in [1.807, 2.05) is 6.07 Å². The van der Waals surface area contributed by atoms with E-state index in [0.717, 1.165) is 15.8 Å². The summed E-state index contributed by atoms with van der Waals surface area (Å²) < 4.78 is 1.09. The van der Waals surface area contributed by atoms with Crippen molar-refractivity contribution in [2.75, 3.05) is 5.32 Å². The fraction of sp³-hybridized carbons (Fsp3) is 0.167. The van der Waals surface area contributed by atoms with Crippen LogP contribution in [0.2, 0.25) is 0 Å². The zero-order chi connectivity index (χ0) is 18.0. The van der Waals surface area contributed by atoms with Gasteiger partial charge in [0.2, 0.25) is 0 Å². The van der Waals surface area contributed by atoms with Crippen LogP contribution >= 0.6 is 27.3 Å². The maximum atomic E-state index is 12.2. The summed E-state index contributed by atoms with van der Waals surface area (Å²) >= 11 is 4.94. The molecule has 1 amide bonds. The number of nitrogens with zero attached hydrogens (tertiary/aromatic N) is 1. The maximum Gasteiger partial charge on any atom is 0.273 e. The van der Waals surface area contributed by atoms with Crippen molar-refractivity contribution in [3.05, 3.63) is 68.4 Å². The number of nitrogens with one attached hydrogen (secondary N) is 2. The number of aromatic nitrogens is 2. The van der Waals surface area contributed by atoms with E-state index in [4.69, 9.17) is 0 Å². The number of Topliss-reactive ketones (excluding diaryl/α,β-unsaturated/α-hetero) is 1. The molecule has 0 saturated heterocycles. The monoisotopic (exact) mass is 417 g/mol. The van der Waals surface area contributed by atoms with Crippen molar-refractivity contribution < 1.29 is 9.59 Å². The summed E-state index contributed by atoms with van der Waals surface area (Å²) in [5.41, 5.74) is 3.20. The zero-order valence-corrected chi connectivity index (χ0v) is 16.1. The summed E-state index contributed by atoms with van der Waals surface area (Å²) in [6.45, 7) is 3.51. The molecule has 0 aliphatic carbocycles. The number of aromatic amines is 1. The Morgan fingerprint density at radius 2 is 2.12 bits per heavy atom. The highest BCUT2D eigenvalue weighted by molar-refractivity contribution is 9.10. The lowest BCUT2D eigenvalue weighted by Gasteiger charge is -2.02. The molecule has 0 aliphatic heterocycles. The van der Waals surface area contributed by atoms with Crippen LogP contribution in [-0.4, -0.2) is 21.7 Å². The molecule has 3 aromatic rings. The molecule has 2 N–H and O–H groups in total. The topological polar surface area (TPSA) is 74.8 Å². The van der Waals surface area contributed by atoms with Crippen LogP contribution in [0.4, 0.5) is 5.13 Å². The Morgan fingerprint density at radius 1 is 1.32 bits per heavy atom. The molecule has 0 unspecified atom stereocenters. The molecule has 0 atom stereocenters. The number of ketones is 1. The van der Waals surface area contributed by atoms with E-state index in [-0.39, 0.29) is 11.7 Å². The van der Waals surface area contributed by atoms with Crippen LogP contribution in [0.5, 0.6) is 0 Å². The van der Waals surface area contributed by atoms with Crippen LogP contribution in [-0.2, 0) is 6.42 Å². The number of carbonyl (C=O) groups excluding carboxylic acids is 2. The first-order valence-corrected chi connectivity index (χ1v) is 9.24.